The second kappa shape index (κ2) is 6.25. The first-order valence-electron chi connectivity index (χ1n) is 7.27. The van der Waals surface area contributed by atoms with E-state index in [4.69, 9.17) is 0 Å². The molecule has 1 amide bonds. The minimum absolute atomic E-state index is 0.189. The Labute approximate surface area is 119 Å². The van der Waals surface area contributed by atoms with E-state index >= 15 is 0 Å². The van der Waals surface area contributed by atoms with Crippen molar-refractivity contribution in [2.75, 3.05) is 13.1 Å². The molecule has 20 heavy (non-hydrogen) atoms. The van der Waals surface area contributed by atoms with Gasteiger partial charge in [0.1, 0.15) is 11.6 Å². The van der Waals surface area contributed by atoms with Crippen LogP contribution in [0.5, 0.6) is 5.75 Å². The summed E-state index contributed by atoms with van der Waals surface area (Å²) < 4.78 is 13.0. The fraction of sp³-hybridized carbons (Fsp3) is 0.562. The van der Waals surface area contributed by atoms with Gasteiger partial charge in [-0.2, -0.15) is 0 Å². The van der Waals surface area contributed by atoms with Gasteiger partial charge in [0.05, 0.1) is 5.56 Å². The van der Waals surface area contributed by atoms with E-state index < -0.39 is 5.82 Å². The van der Waals surface area contributed by atoms with Crippen LogP contribution in [0.4, 0.5) is 4.39 Å². The number of aromatic hydroxyl groups is 1. The van der Waals surface area contributed by atoms with Crippen LogP contribution in [0.15, 0.2) is 18.2 Å². The molecule has 0 spiro atoms. The highest BCUT2D eigenvalue weighted by Gasteiger charge is 2.24. The quantitative estimate of drug-likeness (QED) is 0.901. The molecule has 1 fully saturated rings. The highest BCUT2D eigenvalue weighted by atomic mass is 19.1. The second-order valence-corrected chi connectivity index (χ2v) is 5.89. The highest BCUT2D eigenvalue weighted by Crippen LogP contribution is 2.26. The Morgan fingerprint density at radius 2 is 2.10 bits per heavy atom. The molecule has 4 heteroatoms. The molecule has 0 aromatic heterocycles. The maximum absolute atomic E-state index is 13.0. The third-order valence-electron chi connectivity index (χ3n) is 4.19. The van der Waals surface area contributed by atoms with Gasteiger partial charge in [0, 0.05) is 19.2 Å². The molecule has 0 saturated carbocycles. The Kier molecular flexibility index (Phi) is 4.63. The van der Waals surface area contributed by atoms with Crippen LogP contribution in [0.2, 0.25) is 0 Å². The van der Waals surface area contributed by atoms with Gasteiger partial charge in [-0.3, -0.25) is 4.79 Å². The lowest BCUT2D eigenvalue weighted by atomic mass is 9.89. The van der Waals surface area contributed by atoms with E-state index in [2.05, 4.69) is 13.8 Å². The average molecular weight is 279 g/mol. The molecule has 1 aliphatic heterocycles. The van der Waals surface area contributed by atoms with Gasteiger partial charge in [0.2, 0.25) is 0 Å². The summed E-state index contributed by atoms with van der Waals surface area (Å²) in [5, 5.41) is 9.72. The van der Waals surface area contributed by atoms with Gasteiger partial charge < -0.3 is 10.0 Å². The Morgan fingerprint density at radius 3 is 2.75 bits per heavy atom. The summed E-state index contributed by atoms with van der Waals surface area (Å²) in [6, 6.07) is 3.56. The zero-order valence-electron chi connectivity index (χ0n) is 12.1. The second-order valence-electron chi connectivity index (χ2n) is 5.89. The summed E-state index contributed by atoms with van der Waals surface area (Å²) >= 11 is 0. The molecule has 1 atom stereocenters. The van der Waals surface area contributed by atoms with Gasteiger partial charge in [-0.05, 0) is 43.2 Å². The minimum atomic E-state index is -0.533. The van der Waals surface area contributed by atoms with Gasteiger partial charge in [-0.1, -0.05) is 13.8 Å². The molecule has 1 unspecified atom stereocenters. The summed E-state index contributed by atoms with van der Waals surface area (Å²) in [6.45, 7) is 5.85. The van der Waals surface area contributed by atoms with E-state index in [9.17, 15) is 14.3 Å². The maximum atomic E-state index is 13.0. The average Bonchev–Trinajstić information content (AvgIpc) is 2.63. The summed E-state index contributed by atoms with van der Waals surface area (Å²) in [7, 11) is 0. The lowest BCUT2D eigenvalue weighted by molar-refractivity contribution is 0.0755. The Hall–Kier alpha value is -1.58. The van der Waals surface area contributed by atoms with Crippen LogP contribution in [-0.2, 0) is 0 Å². The van der Waals surface area contributed by atoms with E-state index in [0.29, 0.717) is 24.9 Å². The Morgan fingerprint density at radius 1 is 1.35 bits per heavy atom. The molecular weight excluding hydrogens is 257 g/mol. The summed E-state index contributed by atoms with van der Waals surface area (Å²) in [5.41, 5.74) is 0.189. The van der Waals surface area contributed by atoms with E-state index in [1.807, 2.05) is 0 Å². The molecule has 1 aliphatic rings. The van der Waals surface area contributed by atoms with Crippen molar-refractivity contribution in [3.8, 4) is 5.75 Å². The monoisotopic (exact) mass is 279 g/mol. The SMILES string of the molecule is CC(C)C1CCCN(C(=O)c2ccc(F)cc2O)CC1. The first-order valence-corrected chi connectivity index (χ1v) is 7.27. The standard InChI is InChI=1S/C16H22FNO2/c1-11(2)12-4-3-8-18(9-7-12)16(20)14-6-5-13(17)10-15(14)19/h5-6,10-12,19H,3-4,7-9H2,1-2H3. The van der Waals surface area contributed by atoms with Gasteiger partial charge in [0.15, 0.2) is 0 Å². The summed E-state index contributed by atoms with van der Waals surface area (Å²) in [5.74, 6) is 0.264. The predicted octanol–water partition coefficient (Wildman–Crippen LogP) is 3.43. The Bertz CT molecular complexity index is 487. The number of rotatable bonds is 2. The molecule has 1 aromatic carbocycles. The van der Waals surface area contributed by atoms with E-state index in [1.165, 1.54) is 12.1 Å². The molecular formula is C16H22FNO2. The molecule has 1 aromatic rings. The number of hydrogen-bond donors (Lipinski definition) is 1. The van der Waals surface area contributed by atoms with Crippen molar-refractivity contribution in [3.05, 3.63) is 29.6 Å². The topological polar surface area (TPSA) is 40.5 Å². The zero-order chi connectivity index (χ0) is 14.7. The number of halogens is 1. The van der Waals surface area contributed by atoms with Crippen LogP contribution in [0.25, 0.3) is 0 Å². The van der Waals surface area contributed by atoms with Crippen molar-refractivity contribution in [1.82, 2.24) is 4.90 Å². The molecule has 0 aliphatic carbocycles. The Balaban J connectivity index is 2.09. The third-order valence-corrected chi connectivity index (χ3v) is 4.19. The molecule has 1 saturated heterocycles. The molecule has 0 bridgehead atoms. The van der Waals surface area contributed by atoms with Crippen molar-refractivity contribution >= 4 is 5.91 Å². The van der Waals surface area contributed by atoms with Crippen LogP contribution in [0, 0.1) is 17.7 Å². The summed E-state index contributed by atoms with van der Waals surface area (Å²) in [4.78, 5) is 14.2. The van der Waals surface area contributed by atoms with Crippen LogP contribution in [0.1, 0.15) is 43.5 Å². The van der Waals surface area contributed by atoms with Crippen LogP contribution in [0.3, 0.4) is 0 Å². The molecule has 110 valence electrons. The zero-order valence-corrected chi connectivity index (χ0v) is 12.1. The van der Waals surface area contributed by atoms with Crippen LogP contribution in [-0.4, -0.2) is 29.0 Å². The third kappa shape index (κ3) is 3.30. The first kappa shape index (κ1) is 14.8. The molecule has 1 N–H and O–H groups in total. The van der Waals surface area contributed by atoms with Crippen LogP contribution >= 0.6 is 0 Å². The normalized spacial score (nSPS) is 20.0. The molecule has 1 heterocycles. The molecule has 2 rings (SSSR count). The minimum Gasteiger partial charge on any atom is -0.507 e. The number of amides is 1. The fourth-order valence-corrected chi connectivity index (χ4v) is 2.85. The molecule has 0 radical (unpaired) electrons. The van der Waals surface area contributed by atoms with Gasteiger partial charge in [-0.15, -0.1) is 0 Å². The fourth-order valence-electron chi connectivity index (χ4n) is 2.85. The first-order chi connectivity index (χ1) is 9.49. The number of phenolic OH excluding ortho intramolecular Hbond substituents is 1. The number of phenols is 1. The number of carbonyl (C=O) groups excluding carboxylic acids is 1. The van der Waals surface area contributed by atoms with Crippen molar-refractivity contribution in [2.24, 2.45) is 11.8 Å². The largest absolute Gasteiger partial charge is 0.507 e. The lowest BCUT2D eigenvalue weighted by Gasteiger charge is -2.22. The summed E-state index contributed by atoms with van der Waals surface area (Å²) in [6.07, 6.45) is 3.11. The van der Waals surface area contributed by atoms with Gasteiger partial charge in [0.25, 0.3) is 5.91 Å². The number of benzene rings is 1. The number of carbonyl (C=O) groups is 1. The maximum Gasteiger partial charge on any atom is 0.257 e. The lowest BCUT2D eigenvalue weighted by Crippen LogP contribution is -2.32. The van der Waals surface area contributed by atoms with Crippen LogP contribution < -0.4 is 0 Å². The number of hydrogen-bond acceptors (Lipinski definition) is 2. The van der Waals surface area contributed by atoms with Crippen molar-refractivity contribution in [1.29, 1.82) is 0 Å². The number of nitrogens with zero attached hydrogens (tertiary/aromatic N) is 1. The van der Waals surface area contributed by atoms with Gasteiger partial charge in [-0.25, -0.2) is 4.39 Å². The van der Waals surface area contributed by atoms with Crippen molar-refractivity contribution in [3.63, 3.8) is 0 Å². The van der Waals surface area contributed by atoms with Crippen molar-refractivity contribution in [2.45, 2.75) is 33.1 Å². The molecule has 3 nitrogen and oxygen atoms in total. The van der Waals surface area contributed by atoms with E-state index in [0.717, 1.165) is 25.3 Å². The smallest absolute Gasteiger partial charge is 0.257 e. The van der Waals surface area contributed by atoms with E-state index in [-0.39, 0.29) is 17.2 Å². The van der Waals surface area contributed by atoms with Gasteiger partial charge >= 0.3 is 0 Å². The van der Waals surface area contributed by atoms with Crippen molar-refractivity contribution < 1.29 is 14.3 Å². The highest BCUT2D eigenvalue weighted by molar-refractivity contribution is 5.96. The van der Waals surface area contributed by atoms with E-state index in [1.54, 1.807) is 4.90 Å². The number of likely N-dealkylation sites (tertiary alicyclic amines) is 1. The predicted molar refractivity (Wildman–Crippen MR) is 76.1 cm³/mol.